The van der Waals surface area contributed by atoms with Gasteiger partial charge >= 0.3 is 0 Å². The number of anilines is 1. The molecule has 1 saturated heterocycles. The van der Waals surface area contributed by atoms with Crippen molar-refractivity contribution in [3.63, 3.8) is 0 Å². The number of nitrogens with two attached hydrogens (primary N) is 1. The summed E-state index contributed by atoms with van der Waals surface area (Å²) in [4.78, 5) is 22.7. The summed E-state index contributed by atoms with van der Waals surface area (Å²) < 4.78 is 5.78. The lowest BCUT2D eigenvalue weighted by Crippen LogP contribution is -2.51. The number of fused-ring (bicyclic) bond motifs is 1. The molecular weight excluding hydrogens is 366 g/mol. The molecule has 0 saturated carbocycles. The van der Waals surface area contributed by atoms with Crippen LogP contribution in [0.1, 0.15) is 0 Å². The first kappa shape index (κ1) is 17.2. The van der Waals surface area contributed by atoms with Crippen molar-refractivity contribution in [1.82, 2.24) is 14.3 Å². The van der Waals surface area contributed by atoms with E-state index in [0.717, 1.165) is 18.9 Å². The quantitative estimate of drug-likeness (QED) is 0.320. The summed E-state index contributed by atoms with van der Waals surface area (Å²) in [6.07, 6.45) is 1.18. The van der Waals surface area contributed by atoms with Crippen molar-refractivity contribution in [2.75, 3.05) is 31.1 Å². The van der Waals surface area contributed by atoms with Crippen LogP contribution in [0.4, 0.5) is 17.3 Å². The molecule has 138 valence electrons. The Labute approximate surface area is 159 Å². The van der Waals surface area contributed by atoms with Crippen LogP contribution >= 0.6 is 11.5 Å². The molecule has 1 aliphatic heterocycles. The molecule has 2 aromatic heterocycles. The van der Waals surface area contributed by atoms with Gasteiger partial charge in [-0.3, -0.25) is 10.1 Å². The van der Waals surface area contributed by atoms with Gasteiger partial charge in [0.1, 0.15) is 12.0 Å². The van der Waals surface area contributed by atoms with Crippen LogP contribution in [0.25, 0.3) is 10.1 Å². The molecule has 10 heteroatoms. The van der Waals surface area contributed by atoms with Gasteiger partial charge in [0.2, 0.25) is 0 Å². The van der Waals surface area contributed by atoms with E-state index in [4.69, 9.17) is 5.73 Å². The second-order valence-corrected chi connectivity index (χ2v) is 6.88. The zero-order valence-corrected chi connectivity index (χ0v) is 15.2. The minimum absolute atomic E-state index is 0.0726. The number of hydrogen-bond donors (Lipinski definition) is 1. The predicted octanol–water partition coefficient (Wildman–Crippen LogP) is 2.37. The van der Waals surface area contributed by atoms with Gasteiger partial charge in [0.25, 0.3) is 5.69 Å². The fourth-order valence-electron chi connectivity index (χ4n) is 2.99. The van der Waals surface area contributed by atoms with Crippen LogP contribution in [0, 0.1) is 10.1 Å². The van der Waals surface area contributed by atoms with Gasteiger partial charge in [-0.25, -0.2) is 4.98 Å². The van der Waals surface area contributed by atoms with E-state index in [-0.39, 0.29) is 5.69 Å². The second-order valence-electron chi connectivity index (χ2n) is 6.08. The summed E-state index contributed by atoms with van der Waals surface area (Å²) in [5, 5.41) is 11.9. The van der Waals surface area contributed by atoms with Gasteiger partial charge < -0.3 is 15.5 Å². The van der Waals surface area contributed by atoms with Gasteiger partial charge in [-0.15, -0.1) is 0 Å². The average Bonchev–Trinajstić information content (AvgIpc) is 3.12. The Hall–Kier alpha value is -3.27. The summed E-state index contributed by atoms with van der Waals surface area (Å²) in [6, 6.07) is 11.1. The highest BCUT2D eigenvalue weighted by Crippen LogP contribution is 2.29. The number of hydrogen-bond acceptors (Lipinski definition) is 7. The molecule has 0 radical (unpaired) electrons. The van der Waals surface area contributed by atoms with E-state index in [9.17, 15) is 10.1 Å². The van der Waals surface area contributed by atoms with Crippen LogP contribution in [0.2, 0.25) is 0 Å². The Kier molecular flexibility index (Phi) is 4.55. The number of nitro groups is 1. The third-order valence-electron chi connectivity index (χ3n) is 4.43. The first-order valence-electron chi connectivity index (χ1n) is 8.41. The van der Waals surface area contributed by atoms with Crippen molar-refractivity contribution >= 4 is 44.9 Å². The minimum atomic E-state index is -0.495. The number of aromatic nitrogens is 2. The molecular formula is C17H17N7O2S. The van der Waals surface area contributed by atoms with Crippen LogP contribution in [0.15, 0.2) is 47.6 Å². The Morgan fingerprint density at radius 1 is 1.19 bits per heavy atom. The van der Waals surface area contributed by atoms with E-state index in [1.54, 1.807) is 0 Å². The Balaban J connectivity index is 1.43. The van der Waals surface area contributed by atoms with Crippen molar-refractivity contribution in [3.8, 4) is 0 Å². The van der Waals surface area contributed by atoms with Gasteiger partial charge in [0.05, 0.1) is 9.62 Å². The number of pyridine rings is 1. The van der Waals surface area contributed by atoms with Gasteiger partial charge in [-0.05, 0) is 29.7 Å². The number of rotatable bonds is 3. The zero-order chi connectivity index (χ0) is 18.8. The van der Waals surface area contributed by atoms with Gasteiger partial charge in [0.15, 0.2) is 11.8 Å². The van der Waals surface area contributed by atoms with E-state index >= 15 is 0 Å². The molecule has 4 rings (SSSR count). The molecule has 9 nitrogen and oxygen atoms in total. The normalized spacial score (nSPS) is 15.3. The van der Waals surface area contributed by atoms with E-state index in [1.165, 1.54) is 39.9 Å². The molecule has 3 heterocycles. The summed E-state index contributed by atoms with van der Waals surface area (Å²) >= 11 is 1.51. The minimum Gasteiger partial charge on any atom is -0.369 e. The molecule has 0 bridgehead atoms. The van der Waals surface area contributed by atoms with E-state index in [0.29, 0.717) is 24.9 Å². The number of piperazine rings is 1. The third-order valence-corrected chi connectivity index (χ3v) is 5.25. The largest absolute Gasteiger partial charge is 0.369 e. The smallest absolute Gasteiger partial charge is 0.287 e. The number of guanidine groups is 1. The summed E-state index contributed by atoms with van der Waals surface area (Å²) in [6.45, 7) is 3.01. The van der Waals surface area contributed by atoms with Crippen molar-refractivity contribution in [1.29, 1.82) is 0 Å². The highest BCUT2D eigenvalue weighted by atomic mass is 32.1. The average molecular weight is 383 g/mol. The zero-order valence-electron chi connectivity index (χ0n) is 14.4. The molecule has 2 N–H and O–H groups in total. The van der Waals surface area contributed by atoms with Crippen molar-refractivity contribution < 1.29 is 4.92 Å². The van der Waals surface area contributed by atoms with E-state index in [1.807, 2.05) is 17.0 Å². The lowest BCUT2D eigenvalue weighted by molar-refractivity contribution is -0.385. The van der Waals surface area contributed by atoms with Crippen molar-refractivity contribution in [2.24, 2.45) is 10.7 Å². The monoisotopic (exact) mass is 383 g/mol. The molecule has 1 aliphatic rings. The Bertz CT molecular complexity index is 994. The summed E-state index contributed by atoms with van der Waals surface area (Å²) in [5.41, 5.74) is 6.03. The molecule has 0 unspecified atom stereocenters. The number of benzene rings is 1. The van der Waals surface area contributed by atoms with Crippen molar-refractivity contribution in [3.05, 3.63) is 52.7 Å². The lowest BCUT2D eigenvalue weighted by atomic mass is 10.2. The predicted molar refractivity (Wildman–Crippen MR) is 106 cm³/mol. The number of aliphatic imine (C=N–C) groups is 1. The molecule has 0 atom stereocenters. The molecule has 0 spiro atoms. The summed E-state index contributed by atoms with van der Waals surface area (Å²) in [7, 11) is 0. The van der Waals surface area contributed by atoms with Crippen LogP contribution in [0.5, 0.6) is 0 Å². The standard InChI is InChI=1S/C17H17N7O2S/c18-17(20-15-6-5-12(11-19-15)24(25)26)23-9-7-22(8-10-23)16-13-3-1-2-4-14(13)27-21-16/h1-6,11H,7-10H2,(H2,18,19,20). The molecule has 0 aliphatic carbocycles. The SMILES string of the molecule is NC(=Nc1ccc([N+](=O)[O-])cn1)N1CCN(c2nsc3ccccc23)CC1. The second kappa shape index (κ2) is 7.16. The van der Waals surface area contributed by atoms with Gasteiger partial charge in [-0.2, -0.15) is 9.37 Å². The molecule has 0 amide bonds. The maximum atomic E-state index is 10.7. The maximum absolute atomic E-state index is 10.7. The highest BCUT2D eigenvalue weighted by molar-refractivity contribution is 7.13. The fourth-order valence-corrected chi connectivity index (χ4v) is 3.78. The van der Waals surface area contributed by atoms with Crippen molar-refractivity contribution in [2.45, 2.75) is 0 Å². The van der Waals surface area contributed by atoms with E-state index < -0.39 is 4.92 Å². The van der Waals surface area contributed by atoms with Gasteiger partial charge in [-0.1, -0.05) is 12.1 Å². The van der Waals surface area contributed by atoms with Gasteiger partial charge in [0, 0.05) is 37.6 Å². The van der Waals surface area contributed by atoms with Crippen LogP contribution < -0.4 is 10.6 Å². The first-order chi connectivity index (χ1) is 13.1. The maximum Gasteiger partial charge on any atom is 0.287 e. The highest BCUT2D eigenvalue weighted by Gasteiger charge is 2.21. The molecule has 1 aromatic carbocycles. The first-order valence-corrected chi connectivity index (χ1v) is 9.18. The molecule has 3 aromatic rings. The van der Waals surface area contributed by atoms with Crippen LogP contribution in [-0.2, 0) is 0 Å². The fraction of sp³-hybridized carbons (Fsp3) is 0.235. The Morgan fingerprint density at radius 3 is 2.67 bits per heavy atom. The van der Waals surface area contributed by atoms with Crippen LogP contribution in [0.3, 0.4) is 0 Å². The molecule has 1 fully saturated rings. The Morgan fingerprint density at radius 2 is 1.96 bits per heavy atom. The molecule has 27 heavy (non-hydrogen) atoms. The van der Waals surface area contributed by atoms with E-state index in [2.05, 4.69) is 31.4 Å². The summed E-state index contributed by atoms with van der Waals surface area (Å²) in [5.74, 6) is 1.73. The lowest BCUT2D eigenvalue weighted by Gasteiger charge is -2.35. The van der Waals surface area contributed by atoms with Crippen LogP contribution in [-0.4, -0.2) is 51.3 Å². The topological polar surface area (TPSA) is 114 Å². The number of nitrogens with zero attached hydrogens (tertiary/aromatic N) is 6. The third kappa shape index (κ3) is 3.51.